The van der Waals surface area contributed by atoms with E-state index < -0.39 is 0 Å². The summed E-state index contributed by atoms with van der Waals surface area (Å²) in [4.78, 5) is 12.9. The van der Waals surface area contributed by atoms with Crippen LogP contribution >= 0.6 is 0 Å². The maximum atomic E-state index is 4.81. The lowest BCUT2D eigenvalue weighted by molar-refractivity contribution is 1.14. The zero-order valence-corrected chi connectivity index (χ0v) is 13.0. The average Bonchev–Trinajstić information content (AvgIpc) is 3.36. The van der Waals surface area contributed by atoms with E-state index in [9.17, 15) is 0 Å². The van der Waals surface area contributed by atoms with Gasteiger partial charge in [0, 0.05) is 28.2 Å². The minimum absolute atomic E-state index is 0.725. The van der Waals surface area contributed by atoms with Gasteiger partial charge in [-0.25, -0.2) is 4.98 Å². The van der Waals surface area contributed by atoms with Gasteiger partial charge in [-0.1, -0.05) is 24.3 Å². The SMILES string of the molecule is Cc1nc2[nH]c3c(C4CC4)cccc3c2cc1-c1ccccn1. The predicted octanol–water partition coefficient (Wildman–Crippen LogP) is 4.96. The highest BCUT2D eigenvalue weighted by atomic mass is 14.9. The van der Waals surface area contributed by atoms with Gasteiger partial charge in [0.05, 0.1) is 11.2 Å². The Balaban J connectivity index is 1.82. The molecule has 23 heavy (non-hydrogen) atoms. The van der Waals surface area contributed by atoms with Gasteiger partial charge in [0.2, 0.25) is 0 Å². The van der Waals surface area contributed by atoms with E-state index in [1.54, 1.807) is 0 Å². The van der Waals surface area contributed by atoms with Gasteiger partial charge >= 0.3 is 0 Å². The lowest BCUT2D eigenvalue weighted by Crippen LogP contribution is -1.90. The van der Waals surface area contributed by atoms with E-state index in [2.05, 4.69) is 41.2 Å². The largest absolute Gasteiger partial charge is 0.339 e. The number of H-pyrrole nitrogens is 1. The molecule has 112 valence electrons. The summed E-state index contributed by atoms with van der Waals surface area (Å²) >= 11 is 0. The Morgan fingerprint density at radius 1 is 1.04 bits per heavy atom. The average molecular weight is 299 g/mol. The monoisotopic (exact) mass is 299 g/mol. The van der Waals surface area contributed by atoms with E-state index in [0.717, 1.165) is 28.5 Å². The molecule has 0 atom stereocenters. The summed E-state index contributed by atoms with van der Waals surface area (Å²) < 4.78 is 0. The van der Waals surface area contributed by atoms with Gasteiger partial charge in [-0.05, 0) is 49.4 Å². The van der Waals surface area contributed by atoms with Crippen molar-refractivity contribution in [2.75, 3.05) is 0 Å². The Morgan fingerprint density at radius 3 is 2.74 bits per heavy atom. The number of hydrogen-bond donors (Lipinski definition) is 1. The van der Waals surface area contributed by atoms with Crippen LogP contribution in [-0.2, 0) is 0 Å². The third kappa shape index (κ3) is 1.96. The van der Waals surface area contributed by atoms with Crippen LogP contribution in [0.2, 0.25) is 0 Å². The summed E-state index contributed by atoms with van der Waals surface area (Å²) in [5.41, 5.74) is 6.77. The first kappa shape index (κ1) is 12.8. The second-order valence-corrected chi connectivity index (χ2v) is 6.40. The van der Waals surface area contributed by atoms with Crippen LogP contribution in [0.4, 0.5) is 0 Å². The summed E-state index contributed by atoms with van der Waals surface area (Å²) in [6.07, 6.45) is 4.44. The molecule has 0 radical (unpaired) electrons. The van der Waals surface area contributed by atoms with Gasteiger partial charge in [0.15, 0.2) is 0 Å². The van der Waals surface area contributed by atoms with Crippen LogP contribution < -0.4 is 0 Å². The van der Waals surface area contributed by atoms with E-state index in [-0.39, 0.29) is 0 Å². The van der Waals surface area contributed by atoms with E-state index >= 15 is 0 Å². The van der Waals surface area contributed by atoms with Crippen LogP contribution in [0.15, 0.2) is 48.7 Å². The van der Waals surface area contributed by atoms with Crippen molar-refractivity contribution >= 4 is 21.9 Å². The first-order chi connectivity index (χ1) is 11.3. The number of para-hydroxylation sites is 1. The Morgan fingerprint density at radius 2 is 1.96 bits per heavy atom. The first-order valence-corrected chi connectivity index (χ1v) is 8.14. The molecule has 0 bridgehead atoms. The molecule has 3 heterocycles. The molecule has 1 aliphatic carbocycles. The second-order valence-electron chi connectivity index (χ2n) is 6.40. The standard InChI is InChI=1S/C20H17N3/c1-12-16(18-7-2-3-10-21-18)11-17-15-6-4-5-14(13-8-9-13)19(15)23-20(17)22-12/h2-7,10-11,13H,8-9H2,1H3,(H,22,23). The minimum Gasteiger partial charge on any atom is -0.339 e. The lowest BCUT2D eigenvalue weighted by Gasteiger charge is -2.04. The normalized spacial score (nSPS) is 14.7. The molecule has 1 fully saturated rings. The summed E-state index contributed by atoms with van der Waals surface area (Å²) in [6, 6.07) is 14.9. The zero-order chi connectivity index (χ0) is 15.4. The molecule has 0 saturated heterocycles. The second kappa shape index (κ2) is 4.66. The molecule has 0 spiro atoms. The van der Waals surface area contributed by atoms with Gasteiger partial charge < -0.3 is 4.98 Å². The van der Waals surface area contributed by atoms with Gasteiger partial charge in [-0.3, -0.25) is 4.98 Å². The molecule has 1 aliphatic rings. The van der Waals surface area contributed by atoms with Crippen molar-refractivity contribution in [1.29, 1.82) is 0 Å². The predicted molar refractivity (Wildman–Crippen MR) is 93.5 cm³/mol. The van der Waals surface area contributed by atoms with Gasteiger partial charge in [0.1, 0.15) is 5.65 Å². The number of aromatic nitrogens is 3. The summed E-state index contributed by atoms with van der Waals surface area (Å²) in [6.45, 7) is 2.05. The highest BCUT2D eigenvalue weighted by Crippen LogP contribution is 2.44. The quantitative estimate of drug-likeness (QED) is 0.568. The Labute approximate surface area is 134 Å². The molecule has 0 amide bonds. The number of pyridine rings is 2. The van der Waals surface area contributed by atoms with Crippen molar-refractivity contribution in [1.82, 2.24) is 15.0 Å². The summed E-state index contributed by atoms with van der Waals surface area (Å²) in [5.74, 6) is 0.725. The van der Waals surface area contributed by atoms with Crippen molar-refractivity contribution in [3.63, 3.8) is 0 Å². The van der Waals surface area contributed by atoms with E-state index in [0.29, 0.717) is 0 Å². The van der Waals surface area contributed by atoms with Gasteiger partial charge in [0.25, 0.3) is 0 Å². The maximum Gasteiger partial charge on any atom is 0.138 e. The number of benzene rings is 1. The van der Waals surface area contributed by atoms with E-state index in [1.807, 2.05) is 24.4 Å². The molecule has 3 aromatic heterocycles. The van der Waals surface area contributed by atoms with E-state index in [1.165, 1.54) is 34.7 Å². The van der Waals surface area contributed by atoms with Gasteiger partial charge in [-0.2, -0.15) is 0 Å². The molecular formula is C20H17N3. The Bertz CT molecular complexity index is 1030. The van der Waals surface area contributed by atoms with Crippen molar-refractivity contribution in [2.24, 2.45) is 0 Å². The fourth-order valence-electron chi connectivity index (χ4n) is 3.47. The van der Waals surface area contributed by atoms with Crippen LogP contribution in [0.25, 0.3) is 33.2 Å². The fraction of sp³-hybridized carbons (Fsp3) is 0.200. The lowest BCUT2D eigenvalue weighted by atomic mass is 10.0. The third-order valence-corrected chi connectivity index (χ3v) is 4.80. The number of aromatic amines is 1. The molecule has 0 aliphatic heterocycles. The number of hydrogen-bond acceptors (Lipinski definition) is 2. The molecule has 1 N–H and O–H groups in total. The van der Waals surface area contributed by atoms with Crippen LogP contribution in [0.5, 0.6) is 0 Å². The molecule has 1 aromatic carbocycles. The third-order valence-electron chi connectivity index (χ3n) is 4.80. The molecule has 3 heteroatoms. The zero-order valence-electron chi connectivity index (χ0n) is 13.0. The fourth-order valence-corrected chi connectivity index (χ4v) is 3.47. The number of rotatable bonds is 2. The maximum absolute atomic E-state index is 4.81. The number of nitrogens with one attached hydrogen (secondary N) is 1. The van der Waals surface area contributed by atoms with Crippen LogP contribution in [0.3, 0.4) is 0 Å². The first-order valence-electron chi connectivity index (χ1n) is 8.14. The van der Waals surface area contributed by atoms with E-state index in [4.69, 9.17) is 4.98 Å². The van der Waals surface area contributed by atoms with Crippen LogP contribution in [-0.4, -0.2) is 15.0 Å². The van der Waals surface area contributed by atoms with Crippen molar-refractivity contribution < 1.29 is 0 Å². The molecule has 0 unspecified atom stereocenters. The van der Waals surface area contributed by atoms with Crippen LogP contribution in [0, 0.1) is 6.92 Å². The molecular weight excluding hydrogens is 282 g/mol. The molecule has 3 nitrogen and oxygen atoms in total. The van der Waals surface area contributed by atoms with Gasteiger partial charge in [-0.15, -0.1) is 0 Å². The highest BCUT2D eigenvalue weighted by molar-refractivity contribution is 6.08. The molecule has 5 rings (SSSR count). The van der Waals surface area contributed by atoms with Crippen molar-refractivity contribution in [2.45, 2.75) is 25.7 Å². The molecule has 1 saturated carbocycles. The summed E-state index contributed by atoms with van der Waals surface area (Å²) in [7, 11) is 0. The number of aryl methyl sites for hydroxylation is 1. The number of nitrogens with zero attached hydrogens (tertiary/aromatic N) is 2. The Kier molecular flexibility index (Phi) is 2.60. The molecule has 4 aromatic rings. The van der Waals surface area contributed by atoms with Crippen LogP contribution in [0.1, 0.15) is 30.0 Å². The Hall–Kier alpha value is -2.68. The van der Waals surface area contributed by atoms with Crippen molar-refractivity contribution in [3.8, 4) is 11.3 Å². The summed E-state index contributed by atoms with van der Waals surface area (Å²) in [5, 5.41) is 2.46. The highest BCUT2D eigenvalue weighted by Gasteiger charge is 2.26. The minimum atomic E-state index is 0.725. The smallest absolute Gasteiger partial charge is 0.138 e. The van der Waals surface area contributed by atoms with Crippen molar-refractivity contribution in [3.05, 3.63) is 59.9 Å². The topological polar surface area (TPSA) is 41.6 Å². The number of fused-ring (bicyclic) bond motifs is 3.